The molecule has 0 spiro atoms. The second kappa shape index (κ2) is 6.42. The summed E-state index contributed by atoms with van der Waals surface area (Å²) in [4.78, 5) is 0. The van der Waals surface area contributed by atoms with Crippen LogP contribution in [0, 0.1) is 0 Å². The molecule has 2 aromatic carbocycles. The molecular formula is C19H17BrN2O2. The number of hydrogen-bond acceptors (Lipinski definition) is 3. The summed E-state index contributed by atoms with van der Waals surface area (Å²) in [6.45, 7) is -0.0945. The molecule has 4 nitrogen and oxygen atoms in total. The van der Waals surface area contributed by atoms with Gasteiger partial charge in [0.05, 0.1) is 29.8 Å². The lowest BCUT2D eigenvalue weighted by molar-refractivity contribution is 0.276. The van der Waals surface area contributed by atoms with Crippen LogP contribution in [0.1, 0.15) is 18.5 Å². The molecule has 0 unspecified atom stereocenters. The van der Waals surface area contributed by atoms with Crippen LogP contribution in [0.4, 0.5) is 0 Å². The number of benzene rings is 2. The van der Waals surface area contributed by atoms with Crippen molar-refractivity contribution in [1.29, 1.82) is 0 Å². The third-order valence-electron chi connectivity index (χ3n) is 3.96. The van der Waals surface area contributed by atoms with Crippen LogP contribution in [0.2, 0.25) is 0 Å². The molecule has 0 amide bonds. The molecule has 1 fully saturated rings. The van der Waals surface area contributed by atoms with Crippen molar-refractivity contribution < 1.29 is 9.84 Å². The van der Waals surface area contributed by atoms with Gasteiger partial charge in [0.25, 0.3) is 0 Å². The summed E-state index contributed by atoms with van der Waals surface area (Å²) in [7, 11) is 0. The Bertz CT molecular complexity index is 871. The minimum absolute atomic E-state index is 0.0945. The predicted molar refractivity (Wildman–Crippen MR) is 96.3 cm³/mol. The molecule has 1 heterocycles. The fourth-order valence-corrected chi connectivity index (χ4v) is 3.08. The molecular weight excluding hydrogens is 368 g/mol. The molecule has 0 radical (unpaired) electrons. The van der Waals surface area contributed by atoms with Crippen molar-refractivity contribution in [2.45, 2.75) is 25.6 Å². The Kier molecular flexibility index (Phi) is 4.12. The third kappa shape index (κ3) is 3.09. The largest absolute Gasteiger partial charge is 0.490 e. The molecule has 0 atom stereocenters. The summed E-state index contributed by atoms with van der Waals surface area (Å²) >= 11 is 3.58. The van der Waals surface area contributed by atoms with Crippen molar-refractivity contribution in [1.82, 2.24) is 9.78 Å². The van der Waals surface area contributed by atoms with Crippen LogP contribution >= 0.6 is 15.9 Å². The SMILES string of the molecule is OCc1cc(-c2cccc(OC3CC3)c2)n(-c2ccccc2Br)n1. The van der Waals surface area contributed by atoms with E-state index in [1.165, 1.54) is 0 Å². The number of aliphatic hydroxyl groups excluding tert-OH is 1. The molecule has 4 rings (SSSR count). The van der Waals surface area contributed by atoms with Crippen LogP contribution < -0.4 is 4.74 Å². The number of aliphatic hydroxyl groups is 1. The monoisotopic (exact) mass is 384 g/mol. The summed E-state index contributed by atoms with van der Waals surface area (Å²) in [5.41, 5.74) is 3.50. The fourth-order valence-electron chi connectivity index (χ4n) is 2.63. The van der Waals surface area contributed by atoms with Crippen molar-refractivity contribution in [3.8, 4) is 22.7 Å². The van der Waals surface area contributed by atoms with Gasteiger partial charge in [-0.05, 0) is 59.1 Å². The van der Waals surface area contributed by atoms with Crippen molar-refractivity contribution in [3.63, 3.8) is 0 Å². The Morgan fingerprint density at radius 3 is 2.71 bits per heavy atom. The number of para-hydroxylation sites is 1. The third-order valence-corrected chi connectivity index (χ3v) is 4.63. The lowest BCUT2D eigenvalue weighted by Crippen LogP contribution is -2.01. The second-order valence-electron chi connectivity index (χ2n) is 5.89. The maximum Gasteiger partial charge on any atom is 0.120 e. The maximum atomic E-state index is 9.51. The molecule has 0 aliphatic heterocycles. The van der Waals surface area contributed by atoms with Crippen LogP contribution in [0.5, 0.6) is 5.75 Å². The van der Waals surface area contributed by atoms with Crippen molar-refractivity contribution in [3.05, 3.63) is 64.8 Å². The molecule has 1 aliphatic rings. The predicted octanol–water partition coefficient (Wildman–Crippen LogP) is 4.34. The van der Waals surface area contributed by atoms with E-state index in [9.17, 15) is 5.11 Å². The lowest BCUT2D eigenvalue weighted by Gasteiger charge is -2.11. The fraction of sp³-hybridized carbons (Fsp3) is 0.211. The van der Waals surface area contributed by atoms with Gasteiger partial charge >= 0.3 is 0 Å². The topological polar surface area (TPSA) is 47.3 Å². The molecule has 0 saturated heterocycles. The summed E-state index contributed by atoms with van der Waals surface area (Å²) in [5.74, 6) is 0.875. The van der Waals surface area contributed by atoms with E-state index in [-0.39, 0.29) is 6.61 Å². The highest BCUT2D eigenvalue weighted by atomic mass is 79.9. The van der Waals surface area contributed by atoms with Crippen LogP contribution in [-0.2, 0) is 6.61 Å². The average molecular weight is 385 g/mol. The van der Waals surface area contributed by atoms with Gasteiger partial charge in [0, 0.05) is 10.0 Å². The van der Waals surface area contributed by atoms with E-state index in [0.717, 1.165) is 40.0 Å². The first-order valence-corrected chi connectivity index (χ1v) is 8.75. The molecule has 1 aromatic heterocycles. The second-order valence-corrected chi connectivity index (χ2v) is 6.74. The minimum atomic E-state index is -0.0945. The Balaban J connectivity index is 1.80. The van der Waals surface area contributed by atoms with Crippen LogP contribution in [0.3, 0.4) is 0 Å². The number of hydrogen-bond donors (Lipinski definition) is 1. The Hall–Kier alpha value is -2.11. The molecule has 24 heavy (non-hydrogen) atoms. The first-order chi connectivity index (χ1) is 11.7. The molecule has 0 bridgehead atoms. The molecule has 122 valence electrons. The van der Waals surface area contributed by atoms with Gasteiger partial charge in [-0.1, -0.05) is 24.3 Å². The zero-order chi connectivity index (χ0) is 16.5. The summed E-state index contributed by atoms with van der Waals surface area (Å²) in [5, 5.41) is 14.0. The van der Waals surface area contributed by atoms with Gasteiger partial charge in [0.15, 0.2) is 0 Å². The van der Waals surface area contributed by atoms with Gasteiger partial charge in [-0.2, -0.15) is 5.10 Å². The van der Waals surface area contributed by atoms with E-state index in [2.05, 4.69) is 21.0 Å². The Labute approximate surface area is 148 Å². The quantitative estimate of drug-likeness (QED) is 0.711. The van der Waals surface area contributed by atoms with Crippen LogP contribution in [0.25, 0.3) is 16.9 Å². The highest BCUT2D eigenvalue weighted by molar-refractivity contribution is 9.10. The average Bonchev–Trinajstić information content (AvgIpc) is 3.31. The van der Waals surface area contributed by atoms with Gasteiger partial charge in [0.1, 0.15) is 5.75 Å². The van der Waals surface area contributed by atoms with E-state index in [0.29, 0.717) is 11.8 Å². The number of nitrogens with zero attached hydrogens (tertiary/aromatic N) is 2. The Morgan fingerprint density at radius 1 is 1.12 bits per heavy atom. The standard InChI is InChI=1S/C19H17BrN2O2/c20-17-6-1-2-7-18(17)22-19(11-14(12-23)21-22)13-4-3-5-16(10-13)24-15-8-9-15/h1-7,10-11,15,23H,8-9,12H2. The highest BCUT2D eigenvalue weighted by Gasteiger charge is 2.23. The minimum Gasteiger partial charge on any atom is -0.490 e. The lowest BCUT2D eigenvalue weighted by atomic mass is 10.1. The maximum absolute atomic E-state index is 9.51. The molecule has 1 saturated carbocycles. The van der Waals surface area contributed by atoms with Gasteiger partial charge < -0.3 is 9.84 Å². The van der Waals surface area contributed by atoms with E-state index < -0.39 is 0 Å². The number of ether oxygens (including phenoxy) is 1. The molecule has 3 aromatic rings. The van der Waals surface area contributed by atoms with Crippen molar-refractivity contribution in [2.24, 2.45) is 0 Å². The number of aromatic nitrogens is 2. The molecule has 5 heteroatoms. The van der Waals surface area contributed by atoms with E-state index in [1.807, 2.05) is 59.3 Å². The van der Waals surface area contributed by atoms with Crippen LogP contribution in [-0.4, -0.2) is 21.0 Å². The van der Waals surface area contributed by atoms with Gasteiger partial charge in [-0.25, -0.2) is 4.68 Å². The first-order valence-electron chi connectivity index (χ1n) is 7.96. The van der Waals surface area contributed by atoms with Crippen molar-refractivity contribution >= 4 is 15.9 Å². The summed E-state index contributed by atoms with van der Waals surface area (Å²) < 4.78 is 8.70. The Morgan fingerprint density at radius 2 is 1.96 bits per heavy atom. The van der Waals surface area contributed by atoms with Crippen molar-refractivity contribution in [2.75, 3.05) is 0 Å². The van der Waals surface area contributed by atoms with E-state index in [4.69, 9.17) is 4.74 Å². The van der Waals surface area contributed by atoms with Crippen LogP contribution in [0.15, 0.2) is 59.1 Å². The number of rotatable bonds is 5. The highest BCUT2D eigenvalue weighted by Crippen LogP contribution is 2.32. The van der Waals surface area contributed by atoms with Gasteiger partial charge in [-0.3, -0.25) is 0 Å². The zero-order valence-corrected chi connectivity index (χ0v) is 14.6. The number of halogens is 1. The summed E-state index contributed by atoms with van der Waals surface area (Å²) in [6.07, 6.45) is 2.63. The normalized spacial score (nSPS) is 13.9. The van der Waals surface area contributed by atoms with E-state index in [1.54, 1.807) is 0 Å². The summed E-state index contributed by atoms with van der Waals surface area (Å²) in [6, 6.07) is 17.9. The first kappa shape index (κ1) is 15.4. The van der Waals surface area contributed by atoms with E-state index >= 15 is 0 Å². The van der Waals surface area contributed by atoms with Gasteiger partial charge in [-0.15, -0.1) is 0 Å². The zero-order valence-electron chi connectivity index (χ0n) is 13.0. The smallest absolute Gasteiger partial charge is 0.120 e. The molecule has 1 aliphatic carbocycles. The van der Waals surface area contributed by atoms with Gasteiger partial charge in [0.2, 0.25) is 0 Å². The molecule has 1 N–H and O–H groups in total.